The molecule has 3 heterocycles. The Balaban J connectivity index is 0.000000677. The smallest absolute Gasteiger partial charge is 0.261 e. The fraction of sp³-hybridized carbons (Fsp3) is 0.433. The van der Waals surface area contributed by atoms with Gasteiger partial charge in [-0.2, -0.15) is 10.2 Å². The van der Waals surface area contributed by atoms with Gasteiger partial charge in [0.05, 0.1) is 18.1 Å². The second-order valence-corrected chi connectivity index (χ2v) is 10.0. The van der Waals surface area contributed by atoms with Gasteiger partial charge in [-0.1, -0.05) is 38.0 Å². The molecule has 1 saturated carbocycles. The lowest BCUT2D eigenvalue weighted by Crippen LogP contribution is -2.26. The third-order valence-electron chi connectivity index (χ3n) is 6.34. The number of rotatable bonds is 6. The number of benzene rings is 1. The van der Waals surface area contributed by atoms with Gasteiger partial charge < -0.3 is 10.2 Å². The summed E-state index contributed by atoms with van der Waals surface area (Å²) in [7, 11) is 3.42. The lowest BCUT2D eigenvalue weighted by Gasteiger charge is -2.28. The van der Waals surface area contributed by atoms with Crippen LogP contribution in [0.3, 0.4) is 0 Å². The number of nitrogens with zero attached hydrogens (tertiary/aromatic N) is 6. The van der Waals surface area contributed by atoms with Gasteiger partial charge >= 0.3 is 0 Å². The molecule has 9 nitrogen and oxygen atoms in total. The summed E-state index contributed by atoms with van der Waals surface area (Å²) < 4.78 is 14.2. The number of nitrogens with one attached hydrogen (secondary N) is 1. The summed E-state index contributed by atoms with van der Waals surface area (Å²) in [5.74, 6) is 0.0741. The van der Waals surface area contributed by atoms with Crippen LogP contribution in [0.25, 0.3) is 16.9 Å². The van der Waals surface area contributed by atoms with Crippen LogP contribution in [-0.4, -0.2) is 61.4 Å². The van der Waals surface area contributed by atoms with E-state index in [1.54, 1.807) is 47.9 Å². The van der Waals surface area contributed by atoms with Gasteiger partial charge in [0, 0.05) is 38.2 Å². The first-order valence-electron chi connectivity index (χ1n) is 13.8. The zero-order valence-corrected chi connectivity index (χ0v) is 24.5. The van der Waals surface area contributed by atoms with Crippen molar-refractivity contribution in [3.63, 3.8) is 0 Å². The summed E-state index contributed by atoms with van der Waals surface area (Å²) in [6.07, 6.45) is 9.44. The van der Waals surface area contributed by atoms with E-state index in [1.165, 1.54) is 36.9 Å². The van der Waals surface area contributed by atoms with Gasteiger partial charge in [0.15, 0.2) is 5.65 Å². The normalized spacial score (nSPS) is 12.6. The average molecular weight is 550 g/mol. The fourth-order valence-corrected chi connectivity index (χ4v) is 4.20. The molecular formula is C30H40FN7O2. The molecule has 1 aromatic carbocycles. The maximum atomic E-state index is 13.2. The van der Waals surface area contributed by atoms with Gasteiger partial charge in [0.2, 0.25) is 5.91 Å². The predicted octanol–water partition coefficient (Wildman–Crippen LogP) is 5.90. The number of hydrogen-bond donors (Lipinski definition) is 1. The first-order chi connectivity index (χ1) is 19.1. The number of carbonyl (C=O) groups excluding carboxylic acids is 2. The van der Waals surface area contributed by atoms with Gasteiger partial charge in [-0.05, 0) is 57.2 Å². The highest BCUT2D eigenvalue weighted by Crippen LogP contribution is 2.42. The molecule has 0 atom stereocenters. The summed E-state index contributed by atoms with van der Waals surface area (Å²) in [5.41, 5.74) is 5.40. The Hall–Kier alpha value is -4.08. The second kappa shape index (κ2) is 13.8. The number of anilines is 1. The Bertz CT molecular complexity index is 1430. The Kier molecular flexibility index (Phi) is 10.5. The van der Waals surface area contributed by atoms with Crippen molar-refractivity contribution in [2.24, 2.45) is 0 Å². The molecule has 3 aromatic heterocycles. The van der Waals surface area contributed by atoms with Crippen LogP contribution in [0.5, 0.6) is 0 Å². The standard InChI is InChI=1S/C25H27N7O2.C3H7F.C2H6/c1-16-8-9-18(17-6-4-7-17)19(12-16)23-21(14-31(29-23)15-22(33)30(2)3)28-25(34)20-13-27-32-11-5-10-26-24(20)32;1-3(2)4;1-2/h5,8-14,17H,4,6-7,15H2,1-3H3,(H,28,34);3H,1-2H3;1-2H3. The topological polar surface area (TPSA) is 97.4 Å². The van der Waals surface area contributed by atoms with Gasteiger partial charge in [0.25, 0.3) is 5.91 Å². The number of amides is 2. The molecule has 0 saturated heterocycles. The molecule has 1 aliphatic rings. The van der Waals surface area contributed by atoms with E-state index in [2.05, 4.69) is 33.6 Å². The second-order valence-electron chi connectivity index (χ2n) is 10.0. The Morgan fingerprint density at radius 3 is 2.52 bits per heavy atom. The highest BCUT2D eigenvalue weighted by Gasteiger charge is 2.26. The highest BCUT2D eigenvalue weighted by molar-refractivity contribution is 6.09. The van der Waals surface area contributed by atoms with E-state index in [0.717, 1.165) is 24.0 Å². The molecular weight excluding hydrogens is 509 g/mol. The van der Waals surface area contributed by atoms with Crippen molar-refractivity contribution in [1.29, 1.82) is 0 Å². The zero-order valence-electron chi connectivity index (χ0n) is 24.5. The number of aromatic nitrogens is 5. The van der Waals surface area contributed by atoms with Crippen LogP contribution >= 0.6 is 0 Å². The molecule has 2 amide bonds. The van der Waals surface area contributed by atoms with Crippen molar-refractivity contribution in [1.82, 2.24) is 29.3 Å². The number of alkyl halides is 1. The molecule has 0 bridgehead atoms. The van der Waals surface area contributed by atoms with E-state index >= 15 is 0 Å². The number of fused-ring (bicyclic) bond motifs is 1. The molecule has 1 fully saturated rings. The minimum Gasteiger partial charge on any atom is -0.347 e. The first-order valence-corrected chi connectivity index (χ1v) is 13.8. The van der Waals surface area contributed by atoms with Crippen molar-refractivity contribution in [3.8, 4) is 11.3 Å². The number of carbonyl (C=O) groups is 2. The van der Waals surface area contributed by atoms with Crippen LogP contribution in [-0.2, 0) is 11.3 Å². The number of likely N-dealkylation sites (N-methyl/N-ethyl adjacent to an activating group) is 1. The third kappa shape index (κ3) is 7.31. The minimum atomic E-state index is -0.667. The zero-order chi connectivity index (χ0) is 29.4. The third-order valence-corrected chi connectivity index (χ3v) is 6.34. The maximum absolute atomic E-state index is 13.2. The Morgan fingerprint density at radius 1 is 1.20 bits per heavy atom. The quantitative estimate of drug-likeness (QED) is 0.323. The molecule has 0 unspecified atom stereocenters. The number of halogens is 1. The lowest BCUT2D eigenvalue weighted by molar-refractivity contribution is -0.129. The van der Waals surface area contributed by atoms with Gasteiger partial charge in [-0.25, -0.2) is 13.9 Å². The predicted molar refractivity (Wildman–Crippen MR) is 156 cm³/mol. The molecule has 5 rings (SSSR count). The van der Waals surface area contributed by atoms with Crippen LogP contribution in [0.1, 0.15) is 74.4 Å². The summed E-state index contributed by atoms with van der Waals surface area (Å²) in [5, 5.41) is 12.0. The largest absolute Gasteiger partial charge is 0.347 e. The van der Waals surface area contributed by atoms with Gasteiger partial charge in [0.1, 0.15) is 17.8 Å². The molecule has 1 N–H and O–H groups in total. The SMILES string of the molecule is CC.CC(C)F.Cc1ccc(C2CCC2)c(-c2nn(CC(=O)N(C)C)cc2NC(=O)c2cnn3cccnc23)c1. The molecule has 1 aliphatic carbocycles. The Labute approximate surface area is 235 Å². The summed E-state index contributed by atoms with van der Waals surface area (Å²) in [4.78, 5) is 31.4. The van der Waals surface area contributed by atoms with Crippen LogP contribution in [0.2, 0.25) is 0 Å². The molecule has 0 aliphatic heterocycles. The molecule has 0 radical (unpaired) electrons. The molecule has 10 heteroatoms. The van der Waals surface area contributed by atoms with E-state index in [4.69, 9.17) is 5.10 Å². The summed E-state index contributed by atoms with van der Waals surface area (Å²) in [6, 6.07) is 8.15. The average Bonchev–Trinajstić information content (AvgIpc) is 3.49. The van der Waals surface area contributed by atoms with Crippen molar-refractivity contribution < 1.29 is 14.0 Å². The van der Waals surface area contributed by atoms with Crippen molar-refractivity contribution >= 4 is 23.1 Å². The number of hydrogen-bond acceptors (Lipinski definition) is 5. The Morgan fingerprint density at radius 2 is 1.90 bits per heavy atom. The van der Waals surface area contributed by atoms with Crippen molar-refractivity contribution in [3.05, 3.63) is 65.7 Å². The molecule has 40 heavy (non-hydrogen) atoms. The molecule has 214 valence electrons. The van der Waals surface area contributed by atoms with E-state index in [1.807, 2.05) is 20.8 Å². The van der Waals surface area contributed by atoms with E-state index < -0.39 is 6.17 Å². The lowest BCUT2D eigenvalue weighted by atomic mass is 9.77. The van der Waals surface area contributed by atoms with Crippen LogP contribution in [0, 0.1) is 6.92 Å². The molecule has 0 spiro atoms. The van der Waals surface area contributed by atoms with Crippen LogP contribution in [0.15, 0.2) is 49.1 Å². The summed E-state index contributed by atoms with van der Waals surface area (Å²) in [6.45, 7) is 9.13. The summed E-state index contributed by atoms with van der Waals surface area (Å²) >= 11 is 0. The van der Waals surface area contributed by atoms with Crippen LogP contribution in [0.4, 0.5) is 10.1 Å². The van der Waals surface area contributed by atoms with Crippen LogP contribution < -0.4 is 5.32 Å². The maximum Gasteiger partial charge on any atom is 0.261 e. The highest BCUT2D eigenvalue weighted by atomic mass is 19.1. The van der Waals surface area contributed by atoms with E-state index in [0.29, 0.717) is 28.5 Å². The number of aryl methyl sites for hydroxylation is 1. The van der Waals surface area contributed by atoms with Crippen molar-refractivity contribution in [2.75, 3.05) is 19.4 Å². The van der Waals surface area contributed by atoms with E-state index in [9.17, 15) is 14.0 Å². The minimum absolute atomic E-state index is 0.0813. The monoisotopic (exact) mass is 549 g/mol. The van der Waals surface area contributed by atoms with E-state index in [-0.39, 0.29) is 18.4 Å². The molecule has 4 aromatic rings. The first kappa shape index (κ1) is 30.5. The fourth-order valence-electron chi connectivity index (χ4n) is 4.20. The van der Waals surface area contributed by atoms with Gasteiger partial charge in [-0.15, -0.1) is 0 Å². The van der Waals surface area contributed by atoms with Gasteiger partial charge in [-0.3, -0.25) is 14.3 Å². The van der Waals surface area contributed by atoms with Crippen molar-refractivity contribution in [2.45, 2.75) is 72.5 Å².